The first-order valence-corrected chi connectivity index (χ1v) is 7.04. The molecule has 1 heterocycles. The van der Waals surface area contributed by atoms with E-state index in [0.717, 1.165) is 6.54 Å². The fourth-order valence-corrected chi connectivity index (χ4v) is 2.53. The van der Waals surface area contributed by atoms with E-state index >= 15 is 0 Å². The van der Waals surface area contributed by atoms with Gasteiger partial charge in [0.05, 0.1) is 6.61 Å². The molecule has 18 heavy (non-hydrogen) atoms. The fourth-order valence-electron chi connectivity index (χ4n) is 2.53. The van der Waals surface area contributed by atoms with E-state index in [-0.39, 0.29) is 12.0 Å². The lowest BCUT2D eigenvalue weighted by Crippen LogP contribution is -2.29. The van der Waals surface area contributed by atoms with E-state index < -0.39 is 0 Å². The first-order chi connectivity index (χ1) is 8.62. The molecular formula is C16H25NO. The van der Waals surface area contributed by atoms with Crippen LogP contribution in [-0.2, 0) is 12.0 Å². The van der Waals surface area contributed by atoms with Crippen LogP contribution in [0.25, 0.3) is 0 Å². The number of piperidine rings is 1. The van der Waals surface area contributed by atoms with Crippen LogP contribution < -0.4 is 0 Å². The highest BCUT2D eigenvalue weighted by Gasteiger charge is 2.19. The number of hydrogen-bond donors (Lipinski definition) is 1. The maximum Gasteiger partial charge on any atom is 0.0522 e. The lowest BCUT2D eigenvalue weighted by Gasteiger charge is -2.27. The average molecular weight is 247 g/mol. The van der Waals surface area contributed by atoms with Gasteiger partial charge in [-0.05, 0) is 37.1 Å². The minimum atomic E-state index is -0.135. The molecule has 1 aromatic carbocycles. The Morgan fingerprint density at radius 3 is 2.22 bits per heavy atom. The van der Waals surface area contributed by atoms with Gasteiger partial charge in [-0.2, -0.15) is 0 Å². The van der Waals surface area contributed by atoms with E-state index in [9.17, 15) is 5.11 Å². The second-order valence-electron chi connectivity index (χ2n) is 6.08. The number of benzene rings is 1. The molecule has 1 N–H and O–H groups in total. The van der Waals surface area contributed by atoms with Crippen molar-refractivity contribution in [2.45, 2.75) is 45.1 Å². The van der Waals surface area contributed by atoms with Gasteiger partial charge < -0.3 is 5.11 Å². The highest BCUT2D eigenvalue weighted by molar-refractivity contribution is 5.28. The summed E-state index contributed by atoms with van der Waals surface area (Å²) in [6.07, 6.45) is 4.07. The predicted octanol–water partition coefficient (Wildman–Crippen LogP) is 2.94. The van der Waals surface area contributed by atoms with E-state index in [1.165, 1.54) is 43.5 Å². The molecule has 0 atom stereocenters. The molecule has 0 amide bonds. The van der Waals surface area contributed by atoms with Gasteiger partial charge >= 0.3 is 0 Å². The summed E-state index contributed by atoms with van der Waals surface area (Å²) in [7, 11) is 0. The lowest BCUT2D eigenvalue weighted by atomic mass is 9.85. The lowest BCUT2D eigenvalue weighted by molar-refractivity contribution is 0.217. The summed E-state index contributed by atoms with van der Waals surface area (Å²) in [6.45, 7) is 7.89. The average Bonchev–Trinajstić information content (AvgIpc) is 2.40. The van der Waals surface area contributed by atoms with Crippen molar-refractivity contribution >= 4 is 0 Å². The van der Waals surface area contributed by atoms with Gasteiger partial charge in [0.25, 0.3) is 0 Å². The Labute approximate surface area is 111 Å². The monoisotopic (exact) mass is 247 g/mol. The van der Waals surface area contributed by atoms with Crippen LogP contribution in [0.1, 0.15) is 44.2 Å². The number of nitrogens with zero attached hydrogens (tertiary/aromatic N) is 1. The van der Waals surface area contributed by atoms with Crippen LogP contribution in [0.3, 0.4) is 0 Å². The maximum atomic E-state index is 9.37. The molecule has 2 nitrogen and oxygen atoms in total. The largest absolute Gasteiger partial charge is 0.395 e. The molecule has 1 fully saturated rings. The summed E-state index contributed by atoms with van der Waals surface area (Å²) < 4.78 is 0. The zero-order chi connectivity index (χ0) is 13.0. The third-order valence-electron chi connectivity index (χ3n) is 3.99. The van der Waals surface area contributed by atoms with Crippen LogP contribution in [0, 0.1) is 0 Å². The molecule has 2 heteroatoms. The Bertz CT molecular complexity index is 363. The van der Waals surface area contributed by atoms with Crippen LogP contribution in [0.4, 0.5) is 0 Å². The molecule has 0 aliphatic carbocycles. The standard InChI is InChI=1S/C16H25NO/c1-16(2,13-18)15-8-6-14(7-9-15)12-17-10-4-3-5-11-17/h6-9,18H,3-5,10-13H2,1-2H3. The molecule has 0 saturated carbocycles. The van der Waals surface area contributed by atoms with Crippen molar-refractivity contribution in [3.8, 4) is 0 Å². The molecule has 0 bridgehead atoms. The van der Waals surface area contributed by atoms with Crippen molar-refractivity contribution < 1.29 is 5.11 Å². The van der Waals surface area contributed by atoms with Crippen LogP contribution in [-0.4, -0.2) is 29.7 Å². The summed E-state index contributed by atoms with van der Waals surface area (Å²) in [6, 6.07) is 8.74. The van der Waals surface area contributed by atoms with Gasteiger partial charge in [0.1, 0.15) is 0 Å². The number of aliphatic hydroxyl groups is 1. The molecular weight excluding hydrogens is 222 g/mol. The van der Waals surface area contributed by atoms with Gasteiger partial charge in [-0.25, -0.2) is 0 Å². The van der Waals surface area contributed by atoms with Gasteiger partial charge in [-0.15, -0.1) is 0 Å². The van der Waals surface area contributed by atoms with Crippen molar-refractivity contribution in [2.24, 2.45) is 0 Å². The molecule has 1 aliphatic rings. The van der Waals surface area contributed by atoms with Crippen molar-refractivity contribution in [2.75, 3.05) is 19.7 Å². The smallest absolute Gasteiger partial charge is 0.0522 e. The highest BCUT2D eigenvalue weighted by Crippen LogP contribution is 2.23. The topological polar surface area (TPSA) is 23.5 Å². The SMILES string of the molecule is CC(C)(CO)c1ccc(CN2CCCCC2)cc1. The van der Waals surface area contributed by atoms with E-state index in [1.54, 1.807) is 0 Å². The van der Waals surface area contributed by atoms with Crippen molar-refractivity contribution in [1.82, 2.24) is 4.90 Å². The summed E-state index contributed by atoms with van der Waals surface area (Å²) in [5, 5.41) is 9.37. The van der Waals surface area contributed by atoms with Gasteiger partial charge in [0, 0.05) is 12.0 Å². The Morgan fingerprint density at radius 1 is 1.06 bits per heavy atom. The van der Waals surface area contributed by atoms with Crippen LogP contribution >= 0.6 is 0 Å². The first-order valence-electron chi connectivity index (χ1n) is 7.04. The van der Waals surface area contributed by atoms with Crippen LogP contribution in [0.5, 0.6) is 0 Å². The highest BCUT2D eigenvalue weighted by atomic mass is 16.3. The second kappa shape index (κ2) is 5.85. The summed E-state index contributed by atoms with van der Waals surface area (Å²) in [5.41, 5.74) is 2.46. The Morgan fingerprint density at radius 2 is 1.67 bits per heavy atom. The van der Waals surface area contributed by atoms with Crippen LogP contribution in [0.15, 0.2) is 24.3 Å². The van der Waals surface area contributed by atoms with Gasteiger partial charge in [-0.1, -0.05) is 44.5 Å². The molecule has 1 aliphatic heterocycles. The normalized spacial score (nSPS) is 17.9. The number of hydrogen-bond acceptors (Lipinski definition) is 2. The third kappa shape index (κ3) is 3.33. The Kier molecular flexibility index (Phi) is 4.41. The third-order valence-corrected chi connectivity index (χ3v) is 3.99. The molecule has 0 spiro atoms. The van der Waals surface area contributed by atoms with E-state index in [0.29, 0.717) is 0 Å². The molecule has 1 saturated heterocycles. The predicted molar refractivity (Wildman–Crippen MR) is 75.7 cm³/mol. The van der Waals surface area contributed by atoms with Crippen LogP contribution in [0.2, 0.25) is 0 Å². The summed E-state index contributed by atoms with van der Waals surface area (Å²) in [5.74, 6) is 0. The molecule has 100 valence electrons. The first kappa shape index (κ1) is 13.6. The summed E-state index contributed by atoms with van der Waals surface area (Å²) >= 11 is 0. The van der Waals surface area contributed by atoms with E-state index in [2.05, 4.69) is 43.0 Å². The minimum Gasteiger partial charge on any atom is -0.395 e. The van der Waals surface area contributed by atoms with Gasteiger partial charge in [-0.3, -0.25) is 4.90 Å². The Balaban J connectivity index is 1.99. The molecule has 0 unspecified atom stereocenters. The molecule has 2 rings (SSSR count). The van der Waals surface area contributed by atoms with E-state index in [4.69, 9.17) is 0 Å². The number of likely N-dealkylation sites (tertiary alicyclic amines) is 1. The number of aliphatic hydroxyl groups excluding tert-OH is 1. The van der Waals surface area contributed by atoms with Crippen molar-refractivity contribution in [3.05, 3.63) is 35.4 Å². The second-order valence-corrected chi connectivity index (χ2v) is 6.08. The fraction of sp³-hybridized carbons (Fsp3) is 0.625. The summed E-state index contributed by atoms with van der Waals surface area (Å²) in [4.78, 5) is 2.54. The zero-order valence-corrected chi connectivity index (χ0v) is 11.7. The molecule has 1 aromatic rings. The molecule has 0 aromatic heterocycles. The minimum absolute atomic E-state index is 0.135. The van der Waals surface area contributed by atoms with Crippen molar-refractivity contribution in [1.29, 1.82) is 0 Å². The number of rotatable bonds is 4. The zero-order valence-electron chi connectivity index (χ0n) is 11.7. The Hall–Kier alpha value is -0.860. The van der Waals surface area contributed by atoms with Gasteiger partial charge in [0.15, 0.2) is 0 Å². The quantitative estimate of drug-likeness (QED) is 0.884. The van der Waals surface area contributed by atoms with Gasteiger partial charge in [0.2, 0.25) is 0 Å². The van der Waals surface area contributed by atoms with E-state index in [1.807, 2.05) is 0 Å². The maximum absolute atomic E-state index is 9.37. The van der Waals surface area contributed by atoms with Crippen molar-refractivity contribution in [3.63, 3.8) is 0 Å². The molecule has 0 radical (unpaired) electrons.